The molecule has 0 bridgehead atoms. The fourth-order valence-electron chi connectivity index (χ4n) is 3.31. The number of hydrogen-bond acceptors (Lipinski definition) is 5. The van der Waals surface area contributed by atoms with Gasteiger partial charge in [0.15, 0.2) is 5.82 Å². The molecule has 4 rings (SSSR count). The summed E-state index contributed by atoms with van der Waals surface area (Å²) in [5.74, 6) is 2.21. The van der Waals surface area contributed by atoms with Crippen molar-refractivity contribution in [2.24, 2.45) is 7.05 Å². The zero-order chi connectivity index (χ0) is 18.1. The van der Waals surface area contributed by atoms with E-state index in [9.17, 15) is 4.79 Å². The van der Waals surface area contributed by atoms with Gasteiger partial charge in [0.25, 0.3) is 5.91 Å². The number of amides is 1. The first kappa shape index (κ1) is 21.9. The molecule has 1 saturated heterocycles. The van der Waals surface area contributed by atoms with Gasteiger partial charge in [0.05, 0.1) is 0 Å². The number of nitrogens with one attached hydrogen (secondary N) is 2. The molecule has 1 aromatic carbocycles. The van der Waals surface area contributed by atoms with Crippen LogP contribution in [0.4, 0.5) is 0 Å². The van der Waals surface area contributed by atoms with Gasteiger partial charge >= 0.3 is 0 Å². The lowest BCUT2D eigenvalue weighted by atomic mass is 10.1. The van der Waals surface area contributed by atoms with E-state index in [2.05, 4.69) is 25.5 Å². The monoisotopic (exact) mass is 423 g/mol. The molecule has 10 heteroatoms. The van der Waals surface area contributed by atoms with Gasteiger partial charge in [-0.2, -0.15) is 5.10 Å². The first-order valence-electron chi connectivity index (χ1n) is 8.62. The molecule has 1 amide bonds. The molecule has 1 unspecified atom stereocenters. The summed E-state index contributed by atoms with van der Waals surface area (Å²) < 4.78 is 1.96. The Morgan fingerprint density at radius 2 is 2.11 bits per heavy atom. The van der Waals surface area contributed by atoms with E-state index in [-0.39, 0.29) is 36.8 Å². The minimum atomic E-state index is -0.0920. The number of H-pyrrole nitrogens is 1. The predicted octanol–water partition coefficient (Wildman–Crippen LogP) is 2.14. The lowest BCUT2D eigenvalue weighted by molar-refractivity contribution is 0.0621. The number of carbonyl (C=O) groups is 1. The van der Waals surface area contributed by atoms with Crippen LogP contribution in [0.2, 0.25) is 0 Å². The summed E-state index contributed by atoms with van der Waals surface area (Å²) in [6.07, 6.45) is 3.66. The average molecular weight is 424 g/mol. The number of hydrogen-bond donors (Lipinski definition) is 2. The van der Waals surface area contributed by atoms with E-state index in [1.807, 2.05) is 53.9 Å². The van der Waals surface area contributed by atoms with Crippen LogP contribution >= 0.6 is 24.8 Å². The van der Waals surface area contributed by atoms with Crippen LogP contribution in [0.5, 0.6) is 0 Å². The maximum absolute atomic E-state index is 13.2. The second-order valence-corrected chi connectivity index (χ2v) is 6.44. The quantitative estimate of drug-likeness (QED) is 0.672. The lowest BCUT2D eigenvalue weighted by Gasteiger charge is -2.35. The molecule has 8 nitrogen and oxygen atoms in total. The standard InChI is InChI=1S/C18H21N7O.2ClH/c1-12-21-16(23-22-12)13-4-3-5-14(10-13)18(26)25-9-6-19-11-15(25)17-20-7-8-24(17)2;;/h3-5,7-8,10,15,19H,6,9,11H2,1-2H3,(H,21,22,23);2*1H. The molecule has 0 spiro atoms. The Hall–Kier alpha value is -2.42. The molecular formula is C18H23Cl2N7O. The molecule has 1 aliphatic heterocycles. The van der Waals surface area contributed by atoms with Crippen LogP contribution in [0.1, 0.15) is 28.0 Å². The van der Waals surface area contributed by atoms with Gasteiger partial charge in [-0.1, -0.05) is 12.1 Å². The second-order valence-electron chi connectivity index (χ2n) is 6.44. The topological polar surface area (TPSA) is 91.7 Å². The van der Waals surface area contributed by atoms with Crippen LogP contribution in [0, 0.1) is 6.92 Å². The van der Waals surface area contributed by atoms with Crippen LogP contribution in [0.15, 0.2) is 36.7 Å². The lowest BCUT2D eigenvalue weighted by Crippen LogP contribution is -2.49. The van der Waals surface area contributed by atoms with Crippen molar-refractivity contribution in [2.75, 3.05) is 19.6 Å². The number of aromatic amines is 1. The largest absolute Gasteiger partial charge is 0.336 e. The Kier molecular flexibility index (Phi) is 7.17. The molecule has 150 valence electrons. The molecule has 0 aliphatic carbocycles. The Morgan fingerprint density at radius 3 is 2.79 bits per heavy atom. The van der Waals surface area contributed by atoms with Crippen LogP contribution < -0.4 is 5.32 Å². The molecule has 0 saturated carbocycles. The fourth-order valence-corrected chi connectivity index (χ4v) is 3.31. The first-order chi connectivity index (χ1) is 12.6. The van der Waals surface area contributed by atoms with E-state index in [4.69, 9.17) is 0 Å². The average Bonchev–Trinajstić information content (AvgIpc) is 3.29. The summed E-state index contributed by atoms with van der Waals surface area (Å²) >= 11 is 0. The van der Waals surface area contributed by atoms with Crippen molar-refractivity contribution >= 4 is 30.7 Å². The highest BCUT2D eigenvalue weighted by Crippen LogP contribution is 2.24. The summed E-state index contributed by atoms with van der Waals surface area (Å²) in [4.78, 5) is 23.9. The van der Waals surface area contributed by atoms with E-state index >= 15 is 0 Å². The molecule has 3 aromatic rings. The van der Waals surface area contributed by atoms with Gasteiger partial charge < -0.3 is 14.8 Å². The molecular weight excluding hydrogens is 401 g/mol. The van der Waals surface area contributed by atoms with Crippen molar-refractivity contribution in [1.29, 1.82) is 0 Å². The van der Waals surface area contributed by atoms with Gasteiger partial charge in [-0.3, -0.25) is 9.89 Å². The number of carbonyl (C=O) groups excluding carboxylic acids is 1. The van der Waals surface area contributed by atoms with Gasteiger partial charge in [0.1, 0.15) is 17.7 Å². The van der Waals surface area contributed by atoms with Crippen molar-refractivity contribution in [1.82, 2.24) is 34.9 Å². The van der Waals surface area contributed by atoms with E-state index < -0.39 is 0 Å². The highest BCUT2D eigenvalue weighted by molar-refractivity contribution is 5.95. The van der Waals surface area contributed by atoms with Crippen molar-refractivity contribution in [3.63, 3.8) is 0 Å². The first-order valence-corrected chi connectivity index (χ1v) is 8.62. The fraction of sp³-hybridized carbons (Fsp3) is 0.333. The summed E-state index contributed by atoms with van der Waals surface area (Å²) in [5, 5.41) is 10.4. The van der Waals surface area contributed by atoms with E-state index in [0.717, 1.165) is 23.8 Å². The normalized spacial score (nSPS) is 16.2. The summed E-state index contributed by atoms with van der Waals surface area (Å²) in [5.41, 5.74) is 1.45. The number of aromatic nitrogens is 5. The predicted molar refractivity (Wildman–Crippen MR) is 111 cm³/mol. The van der Waals surface area contributed by atoms with Gasteiger partial charge in [-0.15, -0.1) is 24.8 Å². The number of imidazole rings is 1. The van der Waals surface area contributed by atoms with E-state index in [0.29, 0.717) is 24.5 Å². The maximum atomic E-state index is 13.2. The van der Waals surface area contributed by atoms with Gasteiger partial charge in [0, 0.05) is 50.2 Å². The third kappa shape index (κ3) is 4.19. The zero-order valence-corrected chi connectivity index (χ0v) is 17.3. The zero-order valence-electron chi connectivity index (χ0n) is 15.6. The van der Waals surface area contributed by atoms with Crippen LogP contribution in [-0.2, 0) is 7.05 Å². The molecule has 3 heterocycles. The molecule has 0 radical (unpaired) electrons. The number of benzene rings is 1. The van der Waals surface area contributed by atoms with Crippen LogP contribution in [0.3, 0.4) is 0 Å². The van der Waals surface area contributed by atoms with Crippen molar-refractivity contribution in [2.45, 2.75) is 13.0 Å². The Morgan fingerprint density at radius 1 is 1.29 bits per heavy atom. The molecule has 28 heavy (non-hydrogen) atoms. The Balaban J connectivity index is 0.00000140. The number of piperazine rings is 1. The highest BCUT2D eigenvalue weighted by Gasteiger charge is 2.31. The van der Waals surface area contributed by atoms with Crippen molar-refractivity contribution in [3.05, 3.63) is 53.9 Å². The van der Waals surface area contributed by atoms with Crippen LogP contribution in [-0.4, -0.2) is 55.2 Å². The summed E-state index contributed by atoms with van der Waals surface area (Å²) in [7, 11) is 1.95. The van der Waals surface area contributed by atoms with Crippen LogP contribution in [0.25, 0.3) is 11.4 Å². The molecule has 2 N–H and O–H groups in total. The number of halogens is 2. The molecule has 1 fully saturated rings. The molecule has 1 atom stereocenters. The highest BCUT2D eigenvalue weighted by atomic mass is 35.5. The second kappa shape index (κ2) is 9.18. The minimum absolute atomic E-state index is 0. The SMILES string of the molecule is Cc1nc(-c2cccc(C(=O)N3CCNCC3c3nccn3C)c2)n[nH]1.Cl.Cl. The van der Waals surface area contributed by atoms with Gasteiger partial charge in [0.2, 0.25) is 0 Å². The number of rotatable bonds is 3. The Labute approximate surface area is 175 Å². The van der Waals surface area contributed by atoms with E-state index in [1.165, 1.54) is 0 Å². The smallest absolute Gasteiger partial charge is 0.254 e. The third-order valence-electron chi connectivity index (χ3n) is 4.63. The van der Waals surface area contributed by atoms with Crippen molar-refractivity contribution < 1.29 is 4.79 Å². The summed E-state index contributed by atoms with van der Waals surface area (Å²) in [6.45, 7) is 3.95. The minimum Gasteiger partial charge on any atom is -0.336 e. The Bertz CT molecular complexity index is 939. The van der Waals surface area contributed by atoms with Crippen molar-refractivity contribution in [3.8, 4) is 11.4 Å². The summed E-state index contributed by atoms with van der Waals surface area (Å²) in [6, 6.07) is 7.37. The third-order valence-corrected chi connectivity index (χ3v) is 4.63. The van der Waals surface area contributed by atoms with Gasteiger partial charge in [-0.25, -0.2) is 9.97 Å². The van der Waals surface area contributed by atoms with Gasteiger partial charge in [-0.05, 0) is 19.1 Å². The maximum Gasteiger partial charge on any atom is 0.254 e. The molecule has 2 aromatic heterocycles. The molecule has 1 aliphatic rings. The number of nitrogens with zero attached hydrogens (tertiary/aromatic N) is 5. The number of aryl methyl sites for hydroxylation is 2. The van der Waals surface area contributed by atoms with E-state index in [1.54, 1.807) is 6.20 Å².